The highest BCUT2D eigenvalue weighted by Crippen LogP contribution is 2.42. The Morgan fingerprint density at radius 3 is 2.19 bits per heavy atom. The van der Waals surface area contributed by atoms with Gasteiger partial charge in [0.1, 0.15) is 5.22 Å². The Bertz CT molecular complexity index is 313. The predicted octanol–water partition coefficient (Wildman–Crippen LogP) is 2.98. The number of esters is 1. The van der Waals surface area contributed by atoms with Crippen molar-refractivity contribution in [2.75, 3.05) is 28.4 Å². The van der Waals surface area contributed by atoms with Crippen molar-refractivity contribution >= 4 is 14.5 Å². The SMILES string of the molecule is C=CC(=O)OC.CCCC1(OC)CCCC[Si]1(OC)OC. The molecule has 1 unspecified atom stereocenters. The topological polar surface area (TPSA) is 54.0 Å². The van der Waals surface area contributed by atoms with E-state index in [1.165, 1.54) is 20.0 Å². The first kappa shape index (κ1) is 20.3. The molecule has 0 aliphatic carbocycles. The van der Waals surface area contributed by atoms with Crippen molar-refractivity contribution in [3.63, 3.8) is 0 Å². The highest BCUT2D eigenvalue weighted by molar-refractivity contribution is 6.70. The van der Waals surface area contributed by atoms with Gasteiger partial charge in [-0.15, -0.1) is 0 Å². The molecular formula is C15H30O5Si. The van der Waals surface area contributed by atoms with Crippen molar-refractivity contribution in [2.45, 2.75) is 50.3 Å². The summed E-state index contributed by atoms with van der Waals surface area (Å²) < 4.78 is 21.5. The molecule has 0 aromatic carbocycles. The first-order valence-electron chi connectivity index (χ1n) is 7.37. The molecule has 21 heavy (non-hydrogen) atoms. The molecule has 1 atom stereocenters. The number of hydrogen-bond acceptors (Lipinski definition) is 5. The lowest BCUT2D eigenvalue weighted by molar-refractivity contribution is -0.134. The van der Waals surface area contributed by atoms with Crippen molar-refractivity contribution in [2.24, 2.45) is 0 Å². The summed E-state index contributed by atoms with van der Waals surface area (Å²) >= 11 is 0. The van der Waals surface area contributed by atoms with Crippen molar-refractivity contribution in [1.82, 2.24) is 0 Å². The maximum atomic E-state index is 9.84. The summed E-state index contributed by atoms with van der Waals surface area (Å²) in [5, 5.41) is -0.122. The monoisotopic (exact) mass is 318 g/mol. The smallest absolute Gasteiger partial charge is 0.370 e. The molecule has 1 saturated heterocycles. The van der Waals surface area contributed by atoms with E-state index in [1.807, 2.05) is 0 Å². The van der Waals surface area contributed by atoms with Crippen LogP contribution in [0.5, 0.6) is 0 Å². The lowest BCUT2D eigenvalue weighted by Gasteiger charge is -2.47. The van der Waals surface area contributed by atoms with Gasteiger partial charge in [-0.05, 0) is 18.9 Å². The van der Waals surface area contributed by atoms with Crippen LogP contribution in [0.25, 0.3) is 0 Å². The maximum Gasteiger partial charge on any atom is 0.370 e. The van der Waals surface area contributed by atoms with Gasteiger partial charge >= 0.3 is 14.5 Å². The molecule has 124 valence electrons. The number of carbonyl (C=O) groups is 1. The second-order valence-electron chi connectivity index (χ2n) is 5.04. The minimum atomic E-state index is -2.15. The molecule has 6 heteroatoms. The summed E-state index contributed by atoms with van der Waals surface area (Å²) in [6, 6.07) is 1.06. The van der Waals surface area contributed by atoms with Gasteiger partial charge in [0.05, 0.1) is 7.11 Å². The van der Waals surface area contributed by atoms with E-state index in [4.69, 9.17) is 13.6 Å². The molecule has 1 rings (SSSR count). The lowest BCUT2D eigenvalue weighted by Crippen LogP contribution is -2.64. The van der Waals surface area contributed by atoms with E-state index >= 15 is 0 Å². The lowest BCUT2D eigenvalue weighted by atomic mass is 10.1. The summed E-state index contributed by atoms with van der Waals surface area (Å²) in [5.41, 5.74) is 0. The van der Waals surface area contributed by atoms with Crippen molar-refractivity contribution in [1.29, 1.82) is 0 Å². The largest absolute Gasteiger partial charge is 0.466 e. The van der Waals surface area contributed by atoms with Gasteiger partial charge in [-0.3, -0.25) is 0 Å². The number of hydrogen-bond donors (Lipinski definition) is 0. The Hall–Kier alpha value is -0.693. The summed E-state index contributed by atoms with van der Waals surface area (Å²) in [5.74, 6) is -0.394. The van der Waals surface area contributed by atoms with Crippen LogP contribution in [0.4, 0.5) is 0 Å². The van der Waals surface area contributed by atoms with Crippen LogP contribution in [-0.2, 0) is 23.1 Å². The fourth-order valence-electron chi connectivity index (χ4n) is 3.01. The second kappa shape index (κ2) is 10.1. The van der Waals surface area contributed by atoms with Gasteiger partial charge in [-0.2, -0.15) is 0 Å². The molecule has 1 fully saturated rings. The van der Waals surface area contributed by atoms with E-state index in [2.05, 4.69) is 18.2 Å². The van der Waals surface area contributed by atoms with Gasteiger partial charge in [-0.1, -0.05) is 32.8 Å². The molecule has 1 aliphatic rings. The van der Waals surface area contributed by atoms with E-state index in [9.17, 15) is 4.79 Å². The highest BCUT2D eigenvalue weighted by Gasteiger charge is 2.58. The molecule has 0 bridgehead atoms. The molecule has 0 aromatic heterocycles. The third kappa shape index (κ3) is 4.91. The molecule has 0 radical (unpaired) electrons. The first-order valence-corrected chi connectivity index (χ1v) is 9.39. The van der Waals surface area contributed by atoms with Crippen molar-refractivity contribution in [3.05, 3.63) is 12.7 Å². The van der Waals surface area contributed by atoms with Crippen LogP contribution >= 0.6 is 0 Å². The van der Waals surface area contributed by atoms with Crippen LogP contribution in [0.15, 0.2) is 12.7 Å². The van der Waals surface area contributed by atoms with Gasteiger partial charge in [0, 0.05) is 27.4 Å². The zero-order chi connectivity index (χ0) is 16.4. The molecule has 1 heterocycles. The van der Waals surface area contributed by atoms with Gasteiger partial charge in [0.15, 0.2) is 0 Å². The van der Waals surface area contributed by atoms with E-state index < -0.39 is 14.5 Å². The average Bonchev–Trinajstić information content (AvgIpc) is 2.55. The zero-order valence-corrected chi connectivity index (χ0v) is 15.1. The Balaban J connectivity index is 0.000000567. The number of rotatable bonds is 6. The number of methoxy groups -OCH3 is 2. The van der Waals surface area contributed by atoms with E-state index in [-0.39, 0.29) is 5.22 Å². The predicted molar refractivity (Wildman–Crippen MR) is 85.3 cm³/mol. The average molecular weight is 318 g/mol. The Kier molecular flexibility index (Phi) is 9.77. The summed E-state index contributed by atoms with van der Waals surface area (Å²) in [7, 11) is 4.53. The van der Waals surface area contributed by atoms with Crippen LogP contribution < -0.4 is 0 Å². The normalized spacial score (nSPS) is 23.7. The molecule has 0 N–H and O–H groups in total. The third-order valence-electron chi connectivity index (χ3n) is 4.10. The molecular weight excluding hydrogens is 288 g/mol. The van der Waals surface area contributed by atoms with E-state index in [1.54, 1.807) is 21.3 Å². The Morgan fingerprint density at radius 2 is 1.86 bits per heavy atom. The number of ether oxygens (including phenoxy) is 2. The van der Waals surface area contributed by atoms with Crippen LogP contribution in [0.2, 0.25) is 6.04 Å². The summed E-state index contributed by atoms with van der Waals surface area (Å²) in [6.07, 6.45) is 6.82. The van der Waals surface area contributed by atoms with Gasteiger partial charge in [-0.25, -0.2) is 4.79 Å². The Labute approximate surface area is 129 Å². The van der Waals surface area contributed by atoms with Crippen LogP contribution in [0.1, 0.15) is 39.0 Å². The Morgan fingerprint density at radius 1 is 1.24 bits per heavy atom. The summed E-state index contributed by atoms with van der Waals surface area (Å²) in [6.45, 7) is 5.35. The van der Waals surface area contributed by atoms with Gasteiger partial charge < -0.3 is 18.3 Å². The number of carbonyl (C=O) groups excluding carboxylic acids is 1. The maximum absolute atomic E-state index is 9.84. The van der Waals surface area contributed by atoms with Crippen molar-refractivity contribution < 1.29 is 23.1 Å². The second-order valence-corrected chi connectivity index (χ2v) is 8.78. The van der Waals surface area contributed by atoms with Crippen molar-refractivity contribution in [3.8, 4) is 0 Å². The van der Waals surface area contributed by atoms with E-state index in [0.29, 0.717) is 0 Å². The molecule has 0 saturated carbocycles. The molecule has 5 nitrogen and oxygen atoms in total. The minimum absolute atomic E-state index is 0.122. The van der Waals surface area contributed by atoms with E-state index in [0.717, 1.165) is 31.4 Å². The summed E-state index contributed by atoms with van der Waals surface area (Å²) in [4.78, 5) is 9.84. The fraction of sp³-hybridized carbons (Fsp3) is 0.800. The first-order chi connectivity index (χ1) is 10.0. The molecule has 1 aliphatic heterocycles. The standard InChI is InChI=1S/C11H24O3Si.C4H6O2/c1-5-8-11(12-2)9-6-7-10-15(11,13-3)14-4;1-3-4(5)6-2/h5-10H2,1-4H3;3H,1H2,2H3. The van der Waals surface area contributed by atoms with Gasteiger partial charge in [0.2, 0.25) is 0 Å². The molecule has 0 spiro atoms. The quantitative estimate of drug-likeness (QED) is 0.428. The molecule has 0 amide bonds. The highest BCUT2D eigenvalue weighted by atomic mass is 28.4. The fourth-order valence-corrected chi connectivity index (χ4v) is 7.00. The third-order valence-corrected chi connectivity index (χ3v) is 8.53. The van der Waals surface area contributed by atoms with Crippen LogP contribution in [0.3, 0.4) is 0 Å². The molecule has 0 aromatic rings. The minimum Gasteiger partial charge on any atom is -0.466 e. The van der Waals surface area contributed by atoms with Crippen LogP contribution in [-0.4, -0.2) is 48.2 Å². The van der Waals surface area contributed by atoms with Gasteiger partial charge in [0.25, 0.3) is 0 Å². The van der Waals surface area contributed by atoms with Crippen LogP contribution in [0, 0.1) is 0 Å². The zero-order valence-electron chi connectivity index (χ0n) is 14.1.